The molecule has 1 fully saturated rings. The Morgan fingerprint density at radius 1 is 1.22 bits per heavy atom. The van der Waals surface area contributed by atoms with Crippen molar-refractivity contribution in [3.63, 3.8) is 0 Å². The average Bonchev–Trinajstić information content (AvgIpc) is 2.79. The summed E-state index contributed by atoms with van der Waals surface area (Å²) < 4.78 is 16.9. The number of pyridine rings is 1. The van der Waals surface area contributed by atoms with Crippen LogP contribution < -0.4 is 20.1 Å². The first-order chi connectivity index (χ1) is 17.3. The first kappa shape index (κ1) is 27.0. The van der Waals surface area contributed by atoms with E-state index in [9.17, 15) is 9.59 Å². The van der Waals surface area contributed by atoms with Crippen LogP contribution in [0.2, 0.25) is 5.02 Å². The molecule has 0 unspecified atom stereocenters. The number of amidine groups is 1. The number of halogens is 1. The molecule has 10 nitrogen and oxygen atoms in total. The summed E-state index contributed by atoms with van der Waals surface area (Å²) in [4.78, 5) is 31.2. The molecule has 0 spiro atoms. The van der Waals surface area contributed by atoms with Gasteiger partial charge in [-0.25, -0.2) is 4.98 Å². The molecule has 0 radical (unpaired) electrons. The van der Waals surface area contributed by atoms with Crippen molar-refractivity contribution in [1.82, 2.24) is 20.5 Å². The number of nitrogens with one attached hydrogen (secondary N) is 3. The van der Waals surface area contributed by atoms with Crippen molar-refractivity contribution < 1.29 is 23.8 Å². The van der Waals surface area contributed by atoms with E-state index in [2.05, 4.69) is 15.6 Å². The Kier molecular flexibility index (Phi) is 9.66. The molecular formula is C25H30ClN5O5. The first-order valence-corrected chi connectivity index (χ1v) is 11.9. The van der Waals surface area contributed by atoms with Gasteiger partial charge in [0.1, 0.15) is 28.5 Å². The zero-order valence-corrected chi connectivity index (χ0v) is 21.2. The number of likely N-dealkylation sites (tertiary alicyclic amines) is 1. The number of rotatable bonds is 11. The fourth-order valence-corrected chi connectivity index (χ4v) is 3.46. The van der Waals surface area contributed by atoms with Gasteiger partial charge in [-0.2, -0.15) is 0 Å². The topological polar surface area (TPSA) is 126 Å². The summed E-state index contributed by atoms with van der Waals surface area (Å²) in [5.41, 5.74) is 0.580. The third kappa shape index (κ3) is 7.43. The van der Waals surface area contributed by atoms with Crippen molar-refractivity contribution >= 4 is 29.3 Å². The van der Waals surface area contributed by atoms with Crippen LogP contribution in [-0.4, -0.2) is 67.0 Å². The van der Waals surface area contributed by atoms with Crippen LogP contribution in [0.5, 0.6) is 17.4 Å². The first-order valence-electron chi connectivity index (χ1n) is 11.5. The maximum atomic E-state index is 12.8. The van der Waals surface area contributed by atoms with Crippen LogP contribution in [0.3, 0.4) is 0 Å². The molecular weight excluding hydrogens is 486 g/mol. The van der Waals surface area contributed by atoms with Gasteiger partial charge in [0, 0.05) is 50.8 Å². The molecule has 0 bridgehead atoms. The predicted molar refractivity (Wildman–Crippen MR) is 136 cm³/mol. The Bertz CT molecular complexity index is 1140. The van der Waals surface area contributed by atoms with E-state index in [-0.39, 0.29) is 40.1 Å². The number of aromatic nitrogens is 1. The minimum absolute atomic E-state index is 0.0755. The van der Waals surface area contributed by atoms with Gasteiger partial charge in [-0.3, -0.25) is 15.0 Å². The van der Waals surface area contributed by atoms with Gasteiger partial charge in [-0.05, 0) is 44.5 Å². The molecule has 3 rings (SSSR count). The summed E-state index contributed by atoms with van der Waals surface area (Å²) in [5.74, 6) is -0.0632. The van der Waals surface area contributed by atoms with Crippen molar-refractivity contribution in [3.8, 4) is 17.4 Å². The van der Waals surface area contributed by atoms with E-state index in [4.69, 9.17) is 31.2 Å². The van der Waals surface area contributed by atoms with Crippen molar-refractivity contribution in [1.29, 1.82) is 5.41 Å². The van der Waals surface area contributed by atoms with Gasteiger partial charge in [0.15, 0.2) is 0 Å². The van der Waals surface area contributed by atoms with E-state index < -0.39 is 5.91 Å². The van der Waals surface area contributed by atoms with Crippen molar-refractivity contribution in [2.45, 2.75) is 26.4 Å². The molecule has 1 aromatic carbocycles. The predicted octanol–water partition coefficient (Wildman–Crippen LogP) is 3.62. The van der Waals surface area contributed by atoms with Crippen LogP contribution in [0.1, 0.15) is 41.0 Å². The molecule has 0 saturated carbocycles. The number of nitrogens with zero attached hydrogens (tertiary/aromatic N) is 2. The zero-order chi connectivity index (χ0) is 26.1. The summed E-state index contributed by atoms with van der Waals surface area (Å²) in [7, 11) is 1.56. The zero-order valence-electron chi connectivity index (χ0n) is 20.5. The van der Waals surface area contributed by atoms with Gasteiger partial charge in [-0.1, -0.05) is 11.6 Å². The van der Waals surface area contributed by atoms with Crippen LogP contribution in [0, 0.1) is 5.41 Å². The van der Waals surface area contributed by atoms with Crippen LogP contribution >= 0.6 is 11.6 Å². The normalized spacial score (nSPS) is 13.6. The van der Waals surface area contributed by atoms with E-state index in [1.54, 1.807) is 30.3 Å². The maximum absolute atomic E-state index is 12.8. The molecule has 192 valence electrons. The number of carbonyl (C=O) groups is 2. The fraction of sp³-hybridized carbons (Fsp3) is 0.360. The largest absolute Gasteiger partial charge is 0.488 e. The van der Waals surface area contributed by atoms with E-state index in [0.29, 0.717) is 24.5 Å². The minimum atomic E-state index is -0.523. The minimum Gasteiger partial charge on any atom is -0.488 e. The smallest absolute Gasteiger partial charge is 0.257 e. The van der Waals surface area contributed by atoms with Gasteiger partial charge in [0.2, 0.25) is 5.88 Å². The molecule has 3 N–H and O–H groups in total. The number of carbonyl (C=O) groups excluding carboxylic acids is 2. The van der Waals surface area contributed by atoms with Crippen molar-refractivity contribution in [2.75, 3.05) is 33.4 Å². The van der Waals surface area contributed by atoms with E-state index >= 15 is 0 Å². The highest BCUT2D eigenvalue weighted by Gasteiger charge is 2.23. The molecule has 11 heteroatoms. The number of hydrogen-bond acceptors (Lipinski definition) is 8. The second-order valence-electron chi connectivity index (χ2n) is 8.09. The molecule has 1 saturated heterocycles. The molecule has 0 aliphatic carbocycles. The molecule has 1 aliphatic heterocycles. The number of ether oxygens (including phenoxy) is 3. The average molecular weight is 516 g/mol. The lowest BCUT2D eigenvalue weighted by molar-refractivity contribution is 0.0651. The highest BCUT2D eigenvalue weighted by Crippen LogP contribution is 2.32. The molecule has 1 aromatic heterocycles. The van der Waals surface area contributed by atoms with E-state index in [0.717, 1.165) is 19.5 Å². The third-order valence-corrected chi connectivity index (χ3v) is 5.38. The lowest BCUT2D eigenvalue weighted by Crippen LogP contribution is -2.42. The molecule has 2 aromatic rings. The second kappa shape index (κ2) is 12.9. The molecule has 36 heavy (non-hydrogen) atoms. The summed E-state index contributed by atoms with van der Waals surface area (Å²) in [6, 6.07) is 6.13. The maximum Gasteiger partial charge on any atom is 0.257 e. The Balaban J connectivity index is 1.82. The Morgan fingerprint density at radius 2 is 1.97 bits per heavy atom. The SMILES string of the molecule is CCN/C=C\C(=N)NC(=O)c1cc(Oc2ncc(C(=O)N3CCC3)cc2Cl)cc(O[C@@H](C)COC)c1. The van der Waals surface area contributed by atoms with Gasteiger partial charge < -0.3 is 29.7 Å². The Labute approximate surface area is 215 Å². The lowest BCUT2D eigenvalue weighted by atomic mass is 10.1. The Morgan fingerprint density at radius 3 is 2.61 bits per heavy atom. The summed E-state index contributed by atoms with van der Waals surface area (Å²) in [6.45, 7) is 6.22. The number of methoxy groups -OCH3 is 1. The quantitative estimate of drug-likeness (QED) is 0.308. The van der Waals surface area contributed by atoms with Gasteiger partial charge in [0.05, 0.1) is 12.2 Å². The van der Waals surface area contributed by atoms with E-state index in [1.165, 1.54) is 24.4 Å². The summed E-state index contributed by atoms with van der Waals surface area (Å²) in [5, 5.41) is 13.5. The van der Waals surface area contributed by atoms with E-state index in [1.807, 2.05) is 13.8 Å². The van der Waals surface area contributed by atoms with Gasteiger partial charge >= 0.3 is 0 Å². The van der Waals surface area contributed by atoms with Crippen molar-refractivity contribution in [3.05, 3.63) is 58.9 Å². The second-order valence-corrected chi connectivity index (χ2v) is 8.50. The number of amides is 2. The molecule has 1 aliphatic rings. The number of hydrogen-bond donors (Lipinski definition) is 3. The Hall–Kier alpha value is -3.63. The molecule has 1 atom stereocenters. The van der Waals surface area contributed by atoms with Crippen LogP contribution in [-0.2, 0) is 4.74 Å². The van der Waals surface area contributed by atoms with Crippen LogP contribution in [0.4, 0.5) is 0 Å². The molecule has 2 amide bonds. The van der Waals surface area contributed by atoms with Gasteiger partial charge in [0.25, 0.3) is 11.8 Å². The fourth-order valence-electron chi connectivity index (χ4n) is 3.26. The standard InChI is InChI=1S/C25H30ClN5O5/c1-4-28-7-6-22(27)30-23(32)17-10-19(35-16(2)15-34-3)13-20(11-17)36-24-21(26)12-18(14-29-24)25(33)31-8-5-9-31/h6-7,10-14,16,28H,4-5,8-9,15H2,1-3H3,(H2,27,30,32)/b7-6-/t16-/m0/s1. The van der Waals surface area contributed by atoms with Gasteiger partial charge in [-0.15, -0.1) is 0 Å². The monoisotopic (exact) mass is 515 g/mol. The lowest BCUT2D eigenvalue weighted by Gasteiger charge is -2.30. The summed E-state index contributed by atoms with van der Waals surface area (Å²) in [6.07, 6.45) is 5.11. The number of benzene rings is 1. The third-order valence-electron chi connectivity index (χ3n) is 5.11. The van der Waals surface area contributed by atoms with Crippen LogP contribution in [0.15, 0.2) is 42.7 Å². The highest BCUT2D eigenvalue weighted by molar-refractivity contribution is 6.32. The van der Waals surface area contributed by atoms with Crippen LogP contribution in [0.25, 0.3) is 0 Å². The van der Waals surface area contributed by atoms with Crippen molar-refractivity contribution in [2.24, 2.45) is 0 Å². The summed E-state index contributed by atoms with van der Waals surface area (Å²) >= 11 is 6.36. The highest BCUT2D eigenvalue weighted by atomic mass is 35.5. The molecule has 2 heterocycles.